The molecule has 2 amide bonds. The number of carbonyl (C=O) groups is 2. The van der Waals surface area contributed by atoms with E-state index in [1.165, 1.54) is 24.5 Å². The van der Waals surface area contributed by atoms with Gasteiger partial charge in [0, 0.05) is 24.7 Å². The Bertz CT molecular complexity index is 692. The summed E-state index contributed by atoms with van der Waals surface area (Å²) in [5.41, 5.74) is 0.350. The van der Waals surface area contributed by atoms with Crippen molar-refractivity contribution in [2.24, 2.45) is 0 Å². The zero-order chi connectivity index (χ0) is 16.2. The van der Waals surface area contributed by atoms with Crippen LogP contribution in [0.15, 0.2) is 47.1 Å². The molecule has 0 unspecified atom stereocenters. The van der Waals surface area contributed by atoms with Crippen molar-refractivity contribution in [1.82, 2.24) is 10.2 Å². The summed E-state index contributed by atoms with van der Waals surface area (Å²) in [5.74, 6) is -0.565. The number of halogens is 1. The average molecular weight is 316 g/mol. The largest absolute Gasteiger partial charge is 0.459 e. The Kier molecular flexibility index (Phi) is 4.41. The van der Waals surface area contributed by atoms with Crippen molar-refractivity contribution in [2.75, 3.05) is 13.1 Å². The first-order chi connectivity index (χ1) is 11.1. The normalized spacial score (nSPS) is 15.4. The van der Waals surface area contributed by atoms with Gasteiger partial charge in [-0.1, -0.05) is 6.07 Å². The van der Waals surface area contributed by atoms with Gasteiger partial charge < -0.3 is 14.6 Å². The molecule has 2 heterocycles. The molecular formula is C17H17FN2O3. The second-order valence-electron chi connectivity index (χ2n) is 5.53. The lowest BCUT2D eigenvalue weighted by atomic mass is 10.0. The zero-order valence-corrected chi connectivity index (χ0v) is 12.5. The molecule has 120 valence electrons. The van der Waals surface area contributed by atoms with E-state index < -0.39 is 5.82 Å². The van der Waals surface area contributed by atoms with Gasteiger partial charge >= 0.3 is 0 Å². The molecule has 1 aromatic heterocycles. The highest BCUT2D eigenvalue weighted by atomic mass is 19.1. The Morgan fingerprint density at radius 2 is 1.96 bits per heavy atom. The Labute approximate surface area is 133 Å². The zero-order valence-electron chi connectivity index (χ0n) is 12.5. The number of hydrogen-bond donors (Lipinski definition) is 1. The maximum Gasteiger partial charge on any atom is 0.287 e. The summed E-state index contributed by atoms with van der Waals surface area (Å²) in [6, 6.07) is 8.96. The SMILES string of the molecule is O=C(NC1CCN(C(=O)c2cccc(F)c2)CC1)c1ccco1. The summed E-state index contributed by atoms with van der Waals surface area (Å²) in [7, 11) is 0. The first-order valence-corrected chi connectivity index (χ1v) is 7.52. The lowest BCUT2D eigenvalue weighted by molar-refractivity contribution is 0.0695. The number of nitrogens with one attached hydrogen (secondary N) is 1. The van der Waals surface area contributed by atoms with Crippen LogP contribution in [0.2, 0.25) is 0 Å². The number of hydrogen-bond acceptors (Lipinski definition) is 3. The quantitative estimate of drug-likeness (QED) is 0.946. The summed E-state index contributed by atoms with van der Waals surface area (Å²) >= 11 is 0. The molecule has 0 radical (unpaired) electrons. The van der Waals surface area contributed by atoms with E-state index in [1.54, 1.807) is 23.1 Å². The van der Waals surface area contributed by atoms with Gasteiger partial charge in [-0.2, -0.15) is 0 Å². The minimum Gasteiger partial charge on any atom is -0.459 e. The van der Waals surface area contributed by atoms with Crippen LogP contribution in [0.1, 0.15) is 33.8 Å². The fraction of sp³-hybridized carbons (Fsp3) is 0.294. The van der Waals surface area contributed by atoms with Crippen LogP contribution in [-0.2, 0) is 0 Å². The van der Waals surface area contributed by atoms with Crippen LogP contribution in [0.5, 0.6) is 0 Å². The average Bonchev–Trinajstić information content (AvgIpc) is 3.09. The van der Waals surface area contributed by atoms with Crippen molar-refractivity contribution >= 4 is 11.8 Å². The standard InChI is InChI=1S/C17H17FN2O3/c18-13-4-1-3-12(11-13)17(22)20-8-6-14(7-9-20)19-16(21)15-5-2-10-23-15/h1-5,10-11,14H,6-9H2,(H,19,21). The van der Waals surface area contributed by atoms with Crippen LogP contribution >= 0.6 is 0 Å². The summed E-state index contributed by atoms with van der Waals surface area (Å²) in [4.78, 5) is 25.9. The highest BCUT2D eigenvalue weighted by Gasteiger charge is 2.25. The van der Waals surface area contributed by atoms with Crippen LogP contribution in [0.3, 0.4) is 0 Å². The third-order valence-electron chi connectivity index (χ3n) is 3.93. The minimum atomic E-state index is -0.420. The van der Waals surface area contributed by atoms with Gasteiger partial charge in [-0.15, -0.1) is 0 Å². The van der Waals surface area contributed by atoms with Crippen LogP contribution < -0.4 is 5.32 Å². The molecule has 1 fully saturated rings. The van der Waals surface area contributed by atoms with Crippen molar-refractivity contribution in [3.63, 3.8) is 0 Å². The lowest BCUT2D eigenvalue weighted by Crippen LogP contribution is -2.46. The third kappa shape index (κ3) is 3.59. The monoisotopic (exact) mass is 316 g/mol. The Hall–Kier alpha value is -2.63. The van der Waals surface area contributed by atoms with E-state index in [0.717, 1.165) is 0 Å². The van der Waals surface area contributed by atoms with Crippen molar-refractivity contribution < 1.29 is 18.4 Å². The summed E-state index contributed by atoms with van der Waals surface area (Å²) < 4.78 is 18.3. The third-order valence-corrected chi connectivity index (χ3v) is 3.93. The van der Waals surface area contributed by atoms with Gasteiger partial charge in [0.1, 0.15) is 5.82 Å². The minimum absolute atomic E-state index is 0.00385. The van der Waals surface area contributed by atoms with E-state index >= 15 is 0 Å². The number of piperidine rings is 1. The maximum atomic E-state index is 13.2. The number of likely N-dealkylation sites (tertiary alicyclic amines) is 1. The van der Waals surface area contributed by atoms with Crippen molar-refractivity contribution in [1.29, 1.82) is 0 Å². The molecule has 3 rings (SSSR count). The van der Waals surface area contributed by atoms with Gasteiger partial charge in [0.2, 0.25) is 0 Å². The summed E-state index contributed by atoms with van der Waals surface area (Å²) in [6.45, 7) is 1.05. The van der Waals surface area contributed by atoms with E-state index in [0.29, 0.717) is 31.5 Å². The number of nitrogens with zero attached hydrogens (tertiary/aromatic N) is 1. The number of rotatable bonds is 3. The van der Waals surface area contributed by atoms with Gasteiger partial charge in [-0.25, -0.2) is 4.39 Å². The van der Waals surface area contributed by atoms with E-state index in [2.05, 4.69) is 5.32 Å². The van der Waals surface area contributed by atoms with Gasteiger partial charge in [0.25, 0.3) is 11.8 Å². The number of benzene rings is 1. The molecule has 6 heteroatoms. The molecule has 1 aliphatic rings. The molecule has 1 saturated heterocycles. The Morgan fingerprint density at radius 1 is 1.17 bits per heavy atom. The van der Waals surface area contributed by atoms with Gasteiger partial charge in [0.15, 0.2) is 5.76 Å². The highest BCUT2D eigenvalue weighted by Crippen LogP contribution is 2.15. The van der Waals surface area contributed by atoms with Crippen molar-refractivity contribution in [3.8, 4) is 0 Å². The fourth-order valence-electron chi connectivity index (χ4n) is 2.70. The topological polar surface area (TPSA) is 62.6 Å². The smallest absolute Gasteiger partial charge is 0.287 e. The second kappa shape index (κ2) is 6.64. The Balaban J connectivity index is 1.54. The second-order valence-corrected chi connectivity index (χ2v) is 5.53. The highest BCUT2D eigenvalue weighted by molar-refractivity contribution is 5.94. The number of furan rings is 1. The van der Waals surface area contributed by atoms with Crippen LogP contribution in [0.4, 0.5) is 4.39 Å². The molecule has 0 aliphatic carbocycles. The van der Waals surface area contributed by atoms with E-state index in [-0.39, 0.29) is 23.6 Å². The molecule has 5 nitrogen and oxygen atoms in total. The van der Waals surface area contributed by atoms with Crippen LogP contribution in [0.25, 0.3) is 0 Å². The predicted molar refractivity (Wildman–Crippen MR) is 81.5 cm³/mol. The first kappa shape index (κ1) is 15.3. The number of amides is 2. The van der Waals surface area contributed by atoms with Crippen LogP contribution in [-0.4, -0.2) is 35.8 Å². The van der Waals surface area contributed by atoms with Crippen molar-refractivity contribution in [2.45, 2.75) is 18.9 Å². The van der Waals surface area contributed by atoms with Gasteiger partial charge in [-0.05, 0) is 43.2 Å². The molecule has 0 spiro atoms. The molecule has 23 heavy (non-hydrogen) atoms. The lowest BCUT2D eigenvalue weighted by Gasteiger charge is -2.32. The van der Waals surface area contributed by atoms with E-state index in [4.69, 9.17) is 4.42 Å². The van der Waals surface area contributed by atoms with E-state index in [1.807, 2.05) is 0 Å². The summed E-state index contributed by atoms with van der Waals surface area (Å²) in [6.07, 6.45) is 2.77. The number of carbonyl (C=O) groups excluding carboxylic acids is 2. The van der Waals surface area contributed by atoms with Crippen LogP contribution in [0, 0.1) is 5.82 Å². The molecule has 1 N–H and O–H groups in total. The maximum absolute atomic E-state index is 13.2. The van der Waals surface area contributed by atoms with Gasteiger partial charge in [-0.3, -0.25) is 9.59 Å². The molecule has 0 atom stereocenters. The molecule has 0 bridgehead atoms. The Morgan fingerprint density at radius 3 is 2.61 bits per heavy atom. The van der Waals surface area contributed by atoms with Crippen molar-refractivity contribution in [3.05, 3.63) is 59.8 Å². The molecule has 1 aromatic carbocycles. The predicted octanol–water partition coefficient (Wildman–Crippen LogP) is 2.45. The fourth-order valence-corrected chi connectivity index (χ4v) is 2.70. The molecule has 1 aliphatic heterocycles. The summed E-state index contributed by atoms with van der Waals surface area (Å²) in [5, 5.41) is 2.90. The van der Waals surface area contributed by atoms with Gasteiger partial charge in [0.05, 0.1) is 6.26 Å². The molecule has 0 saturated carbocycles. The molecule has 2 aromatic rings. The first-order valence-electron chi connectivity index (χ1n) is 7.52. The van der Waals surface area contributed by atoms with E-state index in [9.17, 15) is 14.0 Å². The molecular weight excluding hydrogens is 299 g/mol.